The molecule has 0 saturated carbocycles. The van der Waals surface area contributed by atoms with Gasteiger partial charge < -0.3 is 25.2 Å². The Bertz CT molecular complexity index is 889. The quantitative estimate of drug-likeness (QED) is 0.314. The van der Waals surface area contributed by atoms with Crippen LogP contribution in [-0.2, 0) is 19.3 Å². The second-order valence-corrected chi connectivity index (χ2v) is 6.41. The minimum absolute atomic E-state index is 0.0912. The molecule has 0 aromatic heterocycles. The number of rotatable bonds is 9. The molecule has 6 nitrogen and oxygen atoms in total. The smallest absolute Gasteiger partial charge is 0.416 e. The number of aliphatic hydroxyl groups is 1. The number of hydrogen-bond acceptors (Lipinski definition) is 4. The summed E-state index contributed by atoms with van der Waals surface area (Å²) in [5.74, 6) is 0.307. The lowest BCUT2D eigenvalue weighted by Gasteiger charge is -2.16. The highest BCUT2D eigenvalue weighted by Crippen LogP contribution is 2.32. The molecule has 170 valence electrons. The van der Waals surface area contributed by atoms with Crippen molar-refractivity contribution in [1.29, 1.82) is 0 Å². The van der Waals surface area contributed by atoms with Gasteiger partial charge in [0.15, 0.2) is 17.5 Å². The second kappa shape index (κ2) is 11.4. The summed E-state index contributed by atoms with van der Waals surface area (Å²) in [4.78, 5) is 4.38. The molecule has 0 fully saturated rings. The third-order valence-corrected chi connectivity index (χ3v) is 4.16. The van der Waals surface area contributed by atoms with Crippen molar-refractivity contribution in [3.05, 3.63) is 58.9 Å². The number of benzene rings is 2. The highest BCUT2D eigenvalue weighted by molar-refractivity contribution is 5.79. The van der Waals surface area contributed by atoms with Gasteiger partial charge in [0.05, 0.1) is 25.8 Å². The minimum Gasteiger partial charge on any atom is -0.493 e. The topological polar surface area (TPSA) is 75.1 Å². The van der Waals surface area contributed by atoms with Gasteiger partial charge in [0.2, 0.25) is 0 Å². The third kappa shape index (κ3) is 7.32. The van der Waals surface area contributed by atoms with Gasteiger partial charge in [-0.25, -0.2) is 9.38 Å². The first kappa shape index (κ1) is 24.3. The van der Waals surface area contributed by atoms with E-state index >= 15 is 0 Å². The van der Waals surface area contributed by atoms with Gasteiger partial charge in [-0.1, -0.05) is 12.1 Å². The molecule has 2 aromatic rings. The summed E-state index contributed by atoms with van der Waals surface area (Å²) in [5.41, 5.74) is -0.339. The van der Waals surface area contributed by atoms with E-state index in [1.165, 1.54) is 7.11 Å². The number of methoxy groups -OCH3 is 1. The summed E-state index contributed by atoms with van der Waals surface area (Å²) in [7, 11) is 1.49. The standard InChI is InChI=1S/C21H25F4N3O3/c1-3-26-20(28-13-15-5-6-16(22)11-17(15)21(23,24)25)27-12-14-4-7-18(31-9-8-29)19(10-14)30-2/h4-7,10-11,29H,3,8-9,12-13H2,1-2H3,(H2,26,27,28). The molecule has 0 amide bonds. The van der Waals surface area contributed by atoms with E-state index in [1.54, 1.807) is 18.2 Å². The number of halogens is 4. The maximum Gasteiger partial charge on any atom is 0.416 e. The van der Waals surface area contributed by atoms with Crippen molar-refractivity contribution >= 4 is 5.96 Å². The van der Waals surface area contributed by atoms with E-state index in [1.807, 2.05) is 6.92 Å². The molecule has 3 N–H and O–H groups in total. The van der Waals surface area contributed by atoms with Crippen molar-refractivity contribution in [2.24, 2.45) is 4.99 Å². The van der Waals surface area contributed by atoms with E-state index in [2.05, 4.69) is 15.6 Å². The molecule has 2 rings (SSSR count). The van der Waals surface area contributed by atoms with Crippen molar-refractivity contribution < 1.29 is 32.1 Å². The summed E-state index contributed by atoms with van der Waals surface area (Å²) < 4.78 is 63.5. The molecule has 0 saturated heterocycles. The predicted octanol–water partition coefficient (Wildman–Crippen LogP) is 3.48. The van der Waals surface area contributed by atoms with Gasteiger partial charge in [-0.2, -0.15) is 13.2 Å². The van der Waals surface area contributed by atoms with Gasteiger partial charge >= 0.3 is 6.18 Å². The lowest BCUT2D eigenvalue weighted by molar-refractivity contribution is -0.138. The number of hydrogen-bond donors (Lipinski definition) is 3. The van der Waals surface area contributed by atoms with Crippen LogP contribution in [0.4, 0.5) is 17.6 Å². The van der Waals surface area contributed by atoms with Crippen molar-refractivity contribution in [3.63, 3.8) is 0 Å². The first-order valence-corrected chi connectivity index (χ1v) is 9.56. The Balaban J connectivity index is 2.13. The van der Waals surface area contributed by atoms with Crippen molar-refractivity contribution in [2.75, 3.05) is 26.9 Å². The van der Waals surface area contributed by atoms with Gasteiger partial charge in [-0.15, -0.1) is 0 Å². The van der Waals surface area contributed by atoms with Crippen molar-refractivity contribution in [3.8, 4) is 11.5 Å². The Kier molecular flexibility index (Phi) is 8.92. The molecule has 0 spiro atoms. The first-order chi connectivity index (χ1) is 14.8. The maximum absolute atomic E-state index is 13.3. The molecule has 0 aliphatic carbocycles. The summed E-state index contributed by atoms with van der Waals surface area (Å²) in [6, 6.07) is 7.75. The fourth-order valence-electron chi connectivity index (χ4n) is 2.74. The van der Waals surface area contributed by atoms with E-state index in [9.17, 15) is 17.6 Å². The van der Waals surface area contributed by atoms with Crippen LogP contribution in [0.25, 0.3) is 0 Å². The average molecular weight is 443 g/mol. The van der Waals surface area contributed by atoms with Crippen LogP contribution in [0.1, 0.15) is 23.6 Å². The fourth-order valence-corrected chi connectivity index (χ4v) is 2.74. The van der Waals surface area contributed by atoms with Gasteiger partial charge in [-0.05, 0) is 42.3 Å². The molecule has 0 heterocycles. The number of alkyl halides is 3. The number of nitrogens with one attached hydrogen (secondary N) is 2. The second-order valence-electron chi connectivity index (χ2n) is 6.41. The van der Waals surface area contributed by atoms with E-state index in [0.29, 0.717) is 30.1 Å². The maximum atomic E-state index is 13.3. The van der Waals surface area contributed by atoms with Crippen LogP contribution >= 0.6 is 0 Å². The Hall–Kier alpha value is -3.01. The van der Waals surface area contributed by atoms with Gasteiger partial charge in [0.1, 0.15) is 12.4 Å². The Morgan fingerprint density at radius 3 is 2.52 bits per heavy atom. The SMILES string of the molecule is CCNC(=NCc1ccc(OCCO)c(OC)c1)NCc1ccc(F)cc1C(F)(F)F. The van der Waals surface area contributed by atoms with Gasteiger partial charge in [0.25, 0.3) is 0 Å². The molecule has 0 aliphatic heterocycles. The molecule has 0 bridgehead atoms. The Morgan fingerprint density at radius 2 is 1.87 bits per heavy atom. The highest BCUT2D eigenvalue weighted by Gasteiger charge is 2.33. The number of ether oxygens (including phenoxy) is 2. The fraction of sp³-hybridized carbons (Fsp3) is 0.381. The van der Waals surface area contributed by atoms with Crippen LogP contribution in [0.2, 0.25) is 0 Å². The summed E-state index contributed by atoms with van der Waals surface area (Å²) >= 11 is 0. The normalized spacial score (nSPS) is 11.9. The van der Waals surface area contributed by atoms with Crippen LogP contribution in [-0.4, -0.2) is 37.9 Å². The van der Waals surface area contributed by atoms with E-state index in [-0.39, 0.29) is 31.9 Å². The van der Waals surface area contributed by atoms with Crippen LogP contribution in [0, 0.1) is 5.82 Å². The van der Waals surface area contributed by atoms with Gasteiger partial charge in [0, 0.05) is 13.1 Å². The van der Waals surface area contributed by atoms with Crippen LogP contribution in [0.15, 0.2) is 41.4 Å². The molecule has 10 heteroatoms. The van der Waals surface area contributed by atoms with E-state index < -0.39 is 17.6 Å². The van der Waals surface area contributed by atoms with Crippen LogP contribution in [0.5, 0.6) is 11.5 Å². The molecular weight excluding hydrogens is 418 g/mol. The van der Waals surface area contributed by atoms with Crippen LogP contribution < -0.4 is 20.1 Å². The molecule has 0 unspecified atom stereocenters. The number of aliphatic hydroxyl groups excluding tert-OH is 1. The molecule has 31 heavy (non-hydrogen) atoms. The highest BCUT2D eigenvalue weighted by atomic mass is 19.4. The summed E-state index contributed by atoms with van der Waals surface area (Å²) in [6.45, 7) is 2.37. The largest absolute Gasteiger partial charge is 0.493 e. The van der Waals surface area contributed by atoms with E-state index in [0.717, 1.165) is 17.7 Å². The monoisotopic (exact) mass is 443 g/mol. The predicted molar refractivity (Wildman–Crippen MR) is 109 cm³/mol. The average Bonchev–Trinajstić information content (AvgIpc) is 2.74. The molecular formula is C21H25F4N3O3. The van der Waals surface area contributed by atoms with Gasteiger partial charge in [-0.3, -0.25) is 0 Å². The third-order valence-electron chi connectivity index (χ3n) is 4.16. The minimum atomic E-state index is -4.66. The zero-order valence-corrected chi connectivity index (χ0v) is 17.2. The summed E-state index contributed by atoms with van der Waals surface area (Å²) in [6.07, 6.45) is -4.66. The number of guanidine groups is 1. The van der Waals surface area contributed by atoms with E-state index in [4.69, 9.17) is 14.6 Å². The lowest BCUT2D eigenvalue weighted by Crippen LogP contribution is -2.37. The Morgan fingerprint density at radius 1 is 1.10 bits per heavy atom. The van der Waals surface area contributed by atoms with Crippen molar-refractivity contribution in [2.45, 2.75) is 26.2 Å². The first-order valence-electron chi connectivity index (χ1n) is 9.56. The molecule has 0 radical (unpaired) electrons. The molecule has 2 aromatic carbocycles. The zero-order chi connectivity index (χ0) is 22.9. The Labute approximate surface area is 177 Å². The lowest BCUT2D eigenvalue weighted by atomic mass is 10.1. The summed E-state index contributed by atoms with van der Waals surface area (Å²) in [5, 5.41) is 14.7. The van der Waals surface area contributed by atoms with Crippen molar-refractivity contribution in [1.82, 2.24) is 10.6 Å². The molecule has 0 atom stereocenters. The molecule has 0 aliphatic rings. The zero-order valence-electron chi connectivity index (χ0n) is 17.2. The number of aliphatic imine (C=N–C) groups is 1. The number of nitrogens with zero attached hydrogens (tertiary/aromatic N) is 1. The van der Waals surface area contributed by atoms with Crippen LogP contribution in [0.3, 0.4) is 0 Å².